The van der Waals surface area contributed by atoms with Crippen LogP contribution in [0, 0.1) is 11.8 Å². The molecule has 0 aliphatic heterocycles. The lowest BCUT2D eigenvalue weighted by atomic mass is 10.3. The lowest BCUT2D eigenvalue weighted by Crippen LogP contribution is -2.18. The number of benzene rings is 1. The summed E-state index contributed by atoms with van der Waals surface area (Å²) in [6, 6.07) is 9.82. The number of carbonyl (C=O) groups excluding carboxylic acids is 2. The van der Waals surface area contributed by atoms with Crippen molar-refractivity contribution in [3.8, 4) is 0 Å². The van der Waals surface area contributed by atoms with Crippen LogP contribution in [0.2, 0.25) is 0 Å². The molecule has 1 fully saturated rings. The standard InChI is InChI=1S/C12H13NOS.CH3NO/c1-2-9-8-11(9)12(14)13-15-10-6-4-3-5-7-10;2-1-3/h2-7,9,11H,1,8H2,(H,13,14);1H,(H2,2,3). The van der Waals surface area contributed by atoms with Crippen molar-refractivity contribution in [3.63, 3.8) is 0 Å². The van der Waals surface area contributed by atoms with E-state index in [1.807, 2.05) is 36.4 Å². The molecule has 2 atom stereocenters. The smallest absolute Gasteiger partial charge is 0.233 e. The average molecular weight is 264 g/mol. The summed E-state index contributed by atoms with van der Waals surface area (Å²) in [6.07, 6.45) is 3.06. The van der Waals surface area contributed by atoms with Crippen molar-refractivity contribution >= 4 is 24.3 Å². The third-order valence-electron chi connectivity index (χ3n) is 2.49. The molecule has 2 amide bonds. The summed E-state index contributed by atoms with van der Waals surface area (Å²) in [6.45, 7) is 3.69. The molecule has 1 saturated carbocycles. The number of amides is 2. The molecular weight excluding hydrogens is 248 g/mol. The normalized spacial score (nSPS) is 20.0. The van der Waals surface area contributed by atoms with E-state index in [1.54, 1.807) is 0 Å². The average Bonchev–Trinajstić information content (AvgIpc) is 3.18. The molecule has 18 heavy (non-hydrogen) atoms. The van der Waals surface area contributed by atoms with Crippen molar-refractivity contribution in [2.75, 3.05) is 0 Å². The summed E-state index contributed by atoms with van der Waals surface area (Å²) in [5.74, 6) is 0.661. The van der Waals surface area contributed by atoms with Gasteiger partial charge in [0, 0.05) is 10.8 Å². The Labute approximate surface area is 111 Å². The predicted molar refractivity (Wildman–Crippen MR) is 72.5 cm³/mol. The van der Waals surface area contributed by atoms with E-state index in [0.717, 1.165) is 11.3 Å². The molecule has 1 aliphatic rings. The molecule has 0 aromatic heterocycles. The lowest BCUT2D eigenvalue weighted by Gasteiger charge is -2.02. The van der Waals surface area contributed by atoms with Gasteiger partial charge in [0.1, 0.15) is 0 Å². The first-order chi connectivity index (χ1) is 8.72. The highest BCUT2D eigenvalue weighted by molar-refractivity contribution is 7.98. The fourth-order valence-electron chi connectivity index (χ4n) is 1.45. The highest BCUT2D eigenvalue weighted by atomic mass is 32.2. The molecule has 0 spiro atoms. The number of nitrogens with two attached hydrogens (primary N) is 1. The zero-order valence-corrected chi connectivity index (χ0v) is 10.7. The Kier molecular flexibility index (Phi) is 6.00. The van der Waals surface area contributed by atoms with Crippen LogP contribution >= 0.6 is 11.9 Å². The van der Waals surface area contributed by atoms with Crippen molar-refractivity contribution < 1.29 is 9.59 Å². The van der Waals surface area contributed by atoms with E-state index in [2.05, 4.69) is 17.0 Å². The second kappa shape index (κ2) is 7.55. The van der Waals surface area contributed by atoms with E-state index in [9.17, 15) is 4.79 Å². The van der Waals surface area contributed by atoms with Gasteiger partial charge in [-0.25, -0.2) is 0 Å². The summed E-state index contributed by atoms with van der Waals surface area (Å²) in [5, 5.41) is 0. The van der Waals surface area contributed by atoms with Gasteiger partial charge in [-0.05, 0) is 36.4 Å². The molecule has 0 saturated heterocycles. The van der Waals surface area contributed by atoms with E-state index in [1.165, 1.54) is 11.9 Å². The minimum absolute atomic E-state index is 0.119. The van der Waals surface area contributed by atoms with E-state index in [-0.39, 0.29) is 18.2 Å². The first-order valence-corrected chi connectivity index (χ1v) is 6.34. The van der Waals surface area contributed by atoms with Crippen molar-refractivity contribution in [2.24, 2.45) is 17.6 Å². The Balaban J connectivity index is 0.000000492. The highest BCUT2D eigenvalue weighted by Gasteiger charge is 2.40. The highest BCUT2D eigenvalue weighted by Crippen LogP contribution is 2.39. The van der Waals surface area contributed by atoms with Gasteiger partial charge in [-0.3, -0.25) is 14.3 Å². The van der Waals surface area contributed by atoms with Crippen molar-refractivity contribution in [1.82, 2.24) is 4.72 Å². The maximum Gasteiger partial charge on any atom is 0.233 e. The molecule has 5 heteroatoms. The van der Waals surface area contributed by atoms with Gasteiger partial charge in [-0.1, -0.05) is 24.3 Å². The molecule has 0 heterocycles. The molecule has 1 aromatic carbocycles. The van der Waals surface area contributed by atoms with Gasteiger partial charge in [0.15, 0.2) is 0 Å². The fourth-order valence-corrected chi connectivity index (χ4v) is 2.11. The van der Waals surface area contributed by atoms with Crippen LogP contribution in [0.5, 0.6) is 0 Å². The molecule has 0 radical (unpaired) electrons. The Hall–Kier alpha value is -1.75. The summed E-state index contributed by atoms with van der Waals surface area (Å²) in [7, 11) is 0. The maximum atomic E-state index is 11.6. The third-order valence-corrected chi connectivity index (χ3v) is 3.30. The first-order valence-electron chi connectivity index (χ1n) is 5.52. The van der Waals surface area contributed by atoms with Gasteiger partial charge in [-0.2, -0.15) is 0 Å². The number of hydrogen-bond donors (Lipinski definition) is 2. The summed E-state index contributed by atoms with van der Waals surface area (Å²) in [5.41, 5.74) is 4.17. The van der Waals surface area contributed by atoms with Crippen LogP contribution in [0.25, 0.3) is 0 Å². The molecule has 1 aromatic rings. The number of primary amides is 1. The molecule has 96 valence electrons. The molecule has 2 rings (SSSR count). The lowest BCUT2D eigenvalue weighted by molar-refractivity contribution is -0.120. The molecule has 3 N–H and O–H groups in total. The molecule has 4 nitrogen and oxygen atoms in total. The Morgan fingerprint density at radius 1 is 1.44 bits per heavy atom. The second-order valence-electron chi connectivity index (χ2n) is 3.76. The van der Waals surface area contributed by atoms with Crippen LogP contribution in [0.4, 0.5) is 0 Å². The minimum atomic E-state index is 0.119. The largest absolute Gasteiger partial charge is 0.372 e. The number of carbonyl (C=O) groups is 2. The SMILES string of the molecule is C=CC1CC1C(=O)NSc1ccccc1.NC=O. The quantitative estimate of drug-likeness (QED) is 0.494. The topological polar surface area (TPSA) is 72.2 Å². The Morgan fingerprint density at radius 2 is 2.06 bits per heavy atom. The number of nitrogens with one attached hydrogen (secondary N) is 1. The van der Waals surface area contributed by atoms with Crippen LogP contribution < -0.4 is 10.5 Å². The summed E-state index contributed by atoms with van der Waals surface area (Å²) < 4.78 is 2.86. The number of rotatable bonds is 4. The van der Waals surface area contributed by atoms with Crippen LogP contribution in [0.15, 0.2) is 47.9 Å². The first kappa shape index (κ1) is 14.3. The summed E-state index contributed by atoms with van der Waals surface area (Å²) >= 11 is 1.38. The van der Waals surface area contributed by atoms with Gasteiger partial charge < -0.3 is 5.73 Å². The maximum absolute atomic E-state index is 11.6. The van der Waals surface area contributed by atoms with E-state index < -0.39 is 0 Å². The molecule has 1 aliphatic carbocycles. The molecule has 0 bridgehead atoms. The van der Waals surface area contributed by atoms with Gasteiger partial charge in [0.2, 0.25) is 12.3 Å². The zero-order chi connectivity index (χ0) is 13.4. The molecular formula is C13H16N2O2S. The summed E-state index contributed by atoms with van der Waals surface area (Å²) in [4.78, 5) is 21.2. The van der Waals surface area contributed by atoms with Crippen molar-refractivity contribution in [2.45, 2.75) is 11.3 Å². The van der Waals surface area contributed by atoms with Gasteiger partial charge in [0.05, 0.1) is 0 Å². The van der Waals surface area contributed by atoms with Crippen LogP contribution in [-0.2, 0) is 9.59 Å². The predicted octanol–water partition coefficient (Wildman–Crippen LogP) is 1.73. The molecule has 2 unspecified atom stereocenters. The van der Waals surface area contributed by atoms with Gasteiger partial charge >= 0.3 is 0 Å². The van der Waals surface area contributed by atoms with E-state index in [0.29, 0.717) is 5.92 Å². The van der Waals surface area contributed by atoms with Crippen molar-refractivity contribution in [1.29, 1.82) is 0 Å². The number of allylic oxidation sites excluding steroid dienone is 1. The monoisotopic (exact) mass is 264 g/mol. The van der Waals surface area contributed by atoms with Crippen LogP contribution in [-0.4, -0.2) is 12.3 Å². The third kappa shape index (κ3) is 4.63. The van der Waals surface area contributed by atoms with Crippen molar-refractivity contribution in [3.05, 3.63) is 43.0 Å². The van der Waals surface area contributed by atoms with Gasteiger partial charge in [-0.15, -0.1) is 6.58 Å². The van der Waals surface area contributed by atoms with Gasteiger partial charge in [0.25, 0.3) is 0 Å². The number of hydrogen-bond acceptors (Lipinski definition) is 3. The Morgan fingerprint density at radius 3 is 2.56 bits per heavy atom. The van der Waals surface area contributed by atoms with Crippen LogP contribution in [0.1, 0.15) is 6.42 Å². The van der Waals surface area contributed by atoms with E-state index in [4.69, 9.17) is 4.79 Å². The fraction of sp³-hybridized carbons (Fsp3) is 0.231. The Bertz CT molecular complexity index is 409. The van der Waals surface area contributed by atoms with Crippen LogP contribution in [0.3, 0.4) is 0 Å². The zero-order valence-electron chi connectivity index (χ0n) is 9.91. The minimum Gasteiger partial charge on any atom is -0.372 e. The second-order valence-corrected chi connectivity index (χ2v) is 4.64. The van der Waals surface area contributed by atoms with E-state index >= 15 is 0 Å².